The molecule has 2 rings (SSSR count). The van der Waals surface area contributed by atoms with Crippen molar-refractivity contribution in [1.29, 1.82) is 0 Å². The van der Waals surface area contributed by atoms with Crippen LogP contribution < -0.4 is 0 Å². The summed E-state index contributed by atoms with van der Waals surface area (Å²) in [6, 6.07) is 7.57. The van der Waals surface area contributed by atoms with E-state index in [-0.39, 0.29) is 5.78 Å². The van der Waals surface area contributed by atoms with E-state index in [1.807, 2.05) is 24.3 Å². The lowest BCUT2D eigenvalue weighted by Gasteiger charge is -2.01. The molecule has 0 aliphatic carbocycles. The molecule has 0 spiro atoms. The average Bonchev–Trinajstić information content (AvgIpc) is 2.68. The van der Waals surface area contributed by atoms with Crippen LogP contribution in [-0.2, 0) is 11.2 Å². The minimum atomic E-state index is 0.199. The number of carbonyl (C=O) groups is 1. The molecule has 3 heteroatoms. The van der Waals surface area contributed by atoms with Crippen molar-refractivity contribution in [3.8, 4) is 0 Å². The first-order chi connectivity index (χ1) is 8.15. The van der Waals surface area contributed by atoms with Crippen LogP contribution in [0.1, 0.15) is 32.6 Å². The van der Waals surface area contributed by atoms with Gasteiger partial charge in [-0.1, -0.05) is 26.0 Å². The van der Waals surface area contributed by atoms with Gasteiger partial charge in [0.05, 0.1) is 6.42 Å². The number of fused-ring (bicyclic) bond motifs is 1. The molecule has 0 aliphatic heterocycles. The van der Waals surface area contributed by atoms with Crippen molar-refractivity contribution in [2.45, 2.75) is 33.1 Å². The van der Waals surface area contributed by atoms with Gasteiger partial charge in [-0.15, -0.1) is 0 Å². The van der Waals surface area contributed by atoms with Gasteiger partial charge >= 0.3 is 0 Å². The molecule has 0 N–H and O–H groups in total. The van der Waals surface area contributed by atoms with Gasteiger partial charge in [0.2, 0.25) is 5.89 Å². The summed E-state index contributed by atoms with van der Waals surface area (Å²) in [5.41, 5.74) is 1.57. The minimum absolute atomic E-state index is 0.199. The highest BCUT2D eigenvalue weighted by atomic mass is 16.3. The van der Waals surface area contributed by atoms with Crippen LogP contribution in [0.5, 0.6) is 0 Å². The van der Waals surface area contributed by atoms with E-state index in [2.05, 4.69) is 18.8 Å². The van der Waals surface area contributed by atoms with Gasteiger partial charge in [-0.3, -0.25) is 4.79 Å². The van der Waals surface area contributed by atoms with E-state index in [0.29, 0.717) is 24.7 Å². The van der Waals surface area contributed by atoms with Crippen molar-refractivity contribution in [3.05, 3.63) is 30.2 Å². The van der Waals surface area contributed by atoms with Gasteiger partial charge in [0, 0.05) is 6.42 Å². The largest absolute Gasteiger partial charge is 0.440 e. The molecule has 90 valence electrons. The number of rotatable bonds is 5. The zero-order valence-corrected chi connectivity index (χ0v) is 10.3. The molecule has 0 fully saturated rings. The summed E-state index contributed by atoms with van der Waals surface area (Å²) in [5, 5.41) is 0. The Morgan fingerprint density at radius 3 is 2.82 bits per heavy atom. The van der Waals surface area contributed by atoms with Gasteiger partial charge in [-0.25, -0.2) is 4.98 Å². The molecule has 0 saturated heterocycles. The second kappa shape index (κ2) is 5.13. The smallest absolute Gasteiger partial charge is 0.202 e. The van der Waals surface area contributed by atoms with E-state index in [1.54, 1.807) is 0 Å². The predicted octanol–water partition coefficient (Wildman–Crippen LogP) is 3.38. The van der Waals surface area contributed by atoms with E-state index in [9.17, 15) is 4.79 Å². The lowest BCUT2D eigenvalue weighted by atomic mass is 10.0. The first kappa shape index (κ1) is 11.8. The fourth-order valence-corrected chi connectivity index (χ4v) is 1.70. The number of benzene rings is 1. The van der Waals surface area contributed by atoms with E-state index < -0.39 is 0 Å². The fourth-order valence-electron chi connectivity index (χ4n) is 1.70. The maximum Gasteiger partial charge on any atom is 0.202 e. The molecule has 1 aromatic carbocycles. The maximum atomic E-state index is 11.7. The van der Waals surface area contributed by atoms with Crippen LogP contribution in [0.2, 0.25) is 0 Å². The molecule has 0 saturated carbocycles. The Labute approximate surface area is 101 Å². The van der Waals surface area contributed by atoms with Crippen LogP contribution in [0.25, 0.3) is 11.1 Å². The molecule has 3 nitrogen and oxygen atoms in total. The Morgan fingerprint density at radius 1 is 1.35 bits per heavy atom. The number of oxazole rings is 1. The third kappa shape index (κ3) is 3.16. The lowest BCUT2D eigenvalue weighted by molar-refractivity contribution is -0.119. The second-order valence-corrected chi connectivity index (χ2v) is 4.72. The fraction of sp³-hybridized carbons (Fsp3) is 0.429. The number of hydrogen-bond donors (Lipinski definition) is 0. The van der Waals surface area contributed by atoms with Crippen LogP contribution in [0.3, 0.4) is 0 Å². The normalized spacial score (nSPS) is 11.2. The van der Waals surface area contributed by atoms with Crippen LogP contribution in [0, 0.1) is 5.92 Å². The molecule has 2 aromatic rings. The average molecular weight is 231 g/mol. The maximum absolute atomic E-state index is 11.7. The highest BCUT2D eigenvalue weighted by Gasteiger charge is 2.10. The van der Waals surface area contributed by atoms with Gasteiger partial charge in [0.15, 0.2) is 5.58 Å². The summed E-state index contributed by atoms with van der Waals surface area (Å²) in [4.78, 5) is 16.0. The molecule has 0 atom stereocenters. The van der Waals surface area contributed by atoms with Crippen molar-refractivity contribution < 1.29 is 9.21 Å². The van der Waals surface area contributed by atoms with E-state index in [4.69, 9.17) is 4.42 Å². The van der Waals surface area contributed by atoms with E-state index in [1.165, 1.54) is 0 Å². The molecule has 0 unspecified atom stereocenters. The molecule has 0 radical (unpaired) electrons. The predicted molar refractivity (Wildman–Crippen MR) is 66.8 cm³/mol. The van der Waals surface area contributed by atoms with Crippen LogP contribution in [0.15, 0.2) is 28.7 Å². The van der Waals surface area contributed by atoms with Gasteiger partial charge in [0.25, 0.3) is 0 Å². The Balaban J connectivity index is 2.01. The molecular weight excluding hydrogens is 214 g/mol. The summed E-state index contributed by atoms with van der Waals surface area (Å²) < 4.78 is 5.51. The highest BCUT2D eigenvalue weighted by Crippen LogP contribution is 2.16. The van der Waals surface area contributed by atoms with E-state index in [0.717, 1.165) is 17.5 Å². The van der Waals surface area contributed by atoms with E-state index >= 15 is 0 Å². The monoisotopic (exact) mass is 231 g/mol. The molecule has 0 aliphatic rings. The van der Waals surface area contributed by atoms with Crippen LogP contribution >= 0.6 is 0 Å². The Kier molecular flexibility index (Phi) is 3.57. The van der Waals surface area contributed by atoms with Crippen molar-refractivity contribution in [3.63, 3.8) is 0 Å². The first-order valence-electron chi connectivity index (χ1n) is 6.01. The molecule has 0 amide bonds. The summed E-state index contributed by atoms with van der Waals surface area (Å²) in [7, 11) is 0. The third-order valence-electron chi connectivity index (χ3n) is 2.69. The van der Waals surface area contributed by atoms with Gasteiger partial charge in [-0.2, -0.15) is 0 Å². The van der Waals surface area contributed by atoms with Crippen LogP contribution in [-0.4, -0.2) is 10.8 Å². The number of nitrogens with zero attached hydrogens (tertiary/aromatic N) is 1. The zero-order chi connectivity index (χ0) is 12.3. The number of hydrogen-bond acceptors (Lipinski definition) is 3. The summed E-state index contributed by atoms with van der Waals surface area (Å²) in [5.74, 6) is 1.28. The molecular formula is C14H17NO2. The van der Waals surface area contributed by atoms with Crippen molar-refractivity contribution in [2.24, 2.45) is 5.92 Å². The number of Topliss-reactive ketones (excluding diaryl/α,β-unsaturated/α-hetero) is 1. The molecule has 17 heavy (non-hydrogen) atoms. The van der Waals surface area contributed by atoms with Gasteiger partial charge in [-0.05, 0) is 24.5 Å². The Bertz CT molecular complexity index is 481. The second-order valence-electron chi connectivity index (χ2n) is 4.72. The number of aromatic nitrogens is 1. The molecule has 1 aromatic heterocycles. The zero-order valence-electron chi connectivity index (χ0n) is 10.3. The first-order valence-corrected chi connectivity index (χ1v) is 6.01. The Morgan fingerprint density at radius 2 is 2.12 bits per heavy atom. The van der Waals surface area contributed by atoms with Crippen molar-refractivity contribution in [1.82, 2.24) is 4.98 Å². The lowest BCUT2D eigenvalue weighted by Crippen LogP contribution is -2.04. The van der Waals surface area contributed by atoms with Crippen LogP contribution in [0.4, 0.5) is 0 Å². The molecule has 0 bridgehead atoms. The minimum Gasteiger partial charge on any atom is -0.440 e. The number of ketones is 1. The summed E-state index contributed by atoms with van der Waals surface area (Å²) in [6.07, 6.45) is 1.84. The van der Waals surface area contributed by atoms with Crippen molar-refractivity contribution in [2.75, 3.05) is 0 Å². The highest BCUT2D eigenvalue weighted by molar-refractivity contribution is 5.81. The standard InChI is InChI=1S/C14H17NO2/c1-10(2)7-8-11(16)9-14-15-12-5-3-4-6-13(12)17-14/h3-6,10H,7-9H2,1-2H3. The van der Waals surface area contributed by atoms with Gasteiger partial charge in [0.1, 0.15) is 11.3 Å². The van der Waals surface area contributed by atoms with Crippen molar-refractivity contribution >= 4 is 16.9 Å². The third-order valence-corrected chi connectivity index (χ3v) is 2.69. The number of para-hydroxylation sites is 2. The Hall–Kier alpha value is -1.64. The topological polar surface area (TPSA) is 43.1 Å². The quantitative estimate of drug-likeness (QED) is 0.792. The molecule has 1 heterocycles. The van der Waals surface area contributed by atoms with Gasteiger partial charge < -0.3 is 4.42 Å². The summed E-state index contributed by atoms with van der Waals surface area (Å²) >= 11 is 0. The summed E-state index contributed by atoms with van der Waals surface area (Å²) in [6.45, 7) is 4.24. The SMILES string of the molecule is CC(C)CCC(=O)Cc1nc2ccccc2o1. The number of carbonyl (C=O) groups excluding carboxylic acids is 1.